The SMILES string of the molecule is Cc1ccc(Cl)cc1NC(=O)C(C)NS(=O)(=O)c1ccc2c(c1)CCN2C(=O)N1CCCC1. The summed E-state index contributed by atoms with van der Waals surface area (Å²) in [5.41, 5.74) is 2.89. The van der Waals surface area contributed by atoms with Gasteiger partial charge in [-0.1, -0.05) is 17.7 Å². The summed E-state index contributed by atoms with van der Waals surface area (Å²) in [6.07, 6.45) is 2.61. The Bertz CT molecular complexity index is 1190. The van der Waals surface area contributed by atoms with Gasteiger partial charge in [0.15, 0.2) is 0 Å². The number of rotatable bonds is 5. The van der Waals surface area contributed by atoms with Crippen molar-refractivity contribution in [3.8, 4) is 0 Å². The summed E-state index contributed by atoms with van der Waals surface area (Å²) in [5.74, 6) is -0.493. The van der Waals surface area contributed by atoms with Crippen LogP contribution in [0.5, 0.6) is 0 Å². The summed E-state index contributed by atoms with van der Waals surface area (Å²) in [6.45, 7) is 5.35. The molecule has 2 aromatic carbocycles. The number of aryl methyl sites for hydroxylation is 1. The number of carbonyl (C=O) groups is 2. The first kappa shape index (κ1) is 23.5. The average Bonchev–Trinajstić information content (AvgIpc) is 3.45. The lowest BCUT2D eigenvalue weighted by Gasteiger charge is -2.24. The molecule has 2 aliphatic rings. The fourth-order valence-corrected chi connectivity index (χ4v) is 5.57. The smallest absolute Gasteiger partial charge is 0.324 e. The molecule has 1 fully saturated rings. The zero-order valence-electron chi connectivity index (χ0n) is 18.6. The fraction of sp³-hybridized carbons (Fsp3) is 0.391. The number of halogens is 1. The van der Waals surface area contributed by atoms with Crippen molar-refractivity contribution in [1.82, 2.24) is 9.62 Å². The normalized spacial score (nSPS) is 16.6. The molecule has 10 heteroatoms. The van der Waals surface area contributed by atoms with Gasteiger partial charge in [0.05, 0.1) is 10.9 Å². The molecule has 0 aromatic heterocycles. The zero-order valence-corrected chi connectivity index (χ0v) is 20.2. The molecular formula is C23H27ClN4O4S. The number of amides is 3. The largest absolute Gasteiger partial charge is 0.324 e. The van der Waals surface area contributed by atoms with Crippen LogP contribution in [0.15, 0.2) is 41.3 Å². The Labute approximate surface area is 198 Å². The second-order valence-corrected chi connectivity index (χ2v) is 10.6. The maximum absolute atomic E-state index is 12.9. The first-order chi connectivity index (χ1) is 15.7. The highest BCUT2D eigenvalue weighted by Crippen LogP contribution is 2.31. The number of likely N-dealkylation sites (tertiary alicyclic amines) is 1. The third-order valence-electron chi connectivity index (χ3n) is 6.05. The van der Waals surface area contributed by atoms with Gasteiger partial charge in [0.2, 0.25) is 15.9 Å². The molecule has 2 aromatic rings. The molecule has 33 heavy (non-hydrogen) atoms. The van der Waals surface area contributed by atoms with Crippen LogP contribution in [0, 0.1) is 6.92 Å². The number of anilines is 2. The molecule has 176 valence electrons. The zero-order chi connectivity index (χ0) is 23.8. The van der Waals surface area contributed by atoms with Crippen LogP contribution >= 0.6 is 11.6 Å². The first-order valence-corrected chi connectivity index (χ1v) is 12.8. The van der Waals surface area contributed by atoms with Crippen molar-refractivity contribution in [2.24, 2.45) is 0 Å². The Morgan fingerprint density at radius 3 is 2.52 bits per heavy atom. The molecule has 2 N–H and O–H groups in total. The van der Waals surface area contributed by atoms with E-state index in [1.165, 1.54) is 13.0 Å². The summed E-state index contributed by atoms with van der Waals surface area (Å²) in [5, 5.41) is 3.18. The Kier molecular flexibility index (Phi) is 6.65. The number of urea groups is 1. The van der Waals surface area contributed by atoms with Crippen LogP contribution in [0.25, 0.3) is 0 Å². The second kappa shape index (κ2) is 9.32. The van der Waals surface area contributed by atoms with Crippen LogP contribution < -0.4 is 14.9 Å². The van der Waals surface area contributed by atoms with Gasteiger partial charge in [-0.05, 0) is 74.6 Å². The number of nitrogens with one attached hydrogen (secondary N) is 2. The molecule has 4 rings (SSSR count). The van der Waals surface area contributed by atoms with Crippen molar-refractivity contribution in [3.63, 3.8) is 0 Å². The van der Waals surface area contributed by atoms with Crippen LogP contribution in [0.1, 0.15) is 30.9 Å². The van der Waals surface area contributed by atoms with E-state index >= 15 is 0 Å². The summed E-state index contributed by atoms with van der Waals surface area (Å²) >= 11 is 5.99. The molecular weight excluding hydrogens is 464 g/mol. The van der Waals surface area contributed by atoms with Gasteiger partial charge in [-0.25, -0.2) is 13.2 Å². The summed E-state index contributed by atoms with van der Waals surface area (Å²) < 4.78 is 28.3. The van der Waals surface area contributed by atoms with E-state index in [0.29, 0.717) is 23.7 Å². The number of hydrogen-bond donors (Lipinski definition) is 2. The van der Waals surface area contributed by atoms with Crippen LogP contribution in [0.3, 0.4) is 0 Å². The van der Waals surface area contributed by atoms with Crippen molar-refractivity contribution in [2.75, 3.05) is 29.9 Å². The molecule has 0 spiro atoms. The highest BCUT2D eigenvalue weighted by molar-refractivity contribution is 7.89. The van der Waals surface area contributed by atoms with E-state index in [1.54, 1.807) is 35.2 Å². The molecule has 1 atom stereocenters. The predicted molar refractivity (Wildman–Crippen MR) is 128 cm³/mol. The molecule has 1 saturated heterocycles. The van der Waals surface area contributed by atoms with Gasteiger partial charge < -0.3 is 10.2 Å². The highest BCUT2D eigenvalue weighted by atomic mass is 35.5. The highest BCUT2D eigenvalue weighted by Gasteiger charge is 2.31. The Hall–Kier alpha value is -2.62. The van der Waals surface area contributed by atoms with Crippen molar-refractivity contribution >= 4 is 44.9 Å². The molecule has 2 heterocycles. The maximum atomic E-state index is 12.9. The van der Waals surface area contributed by atoms with Gasteiger partial charge in [0.25, 0.3) is 0 Å². The van der Waals surface area contributed by atoms with Gasteiger partial charge in [-0.3, -0.25) is 9.69 Å². The Balaban J connectivity index is 1.46. The van der Waals surface area contributed by atoms with Crippen molar-refractivity contribution in [3.05, 3.63) is 52.5 Å². The van der Waals surface area contributed by atoms with Gasteiger partial charge in [-0.15, -0.1) is 0 Å². The number of fused-ring (bicyclic) bond motifs is 1. The van der Waals surface area contributed by atoms with Crippen LogP contribution in [0.4, 0.5) is 16.2 Å². The molecule has 0 aliphatic carbocycles. The number of carbonyl (C=O) groups excluding carboxylic acids is 2. The van der Waals surface area contributed by atoms with E-state index in [2.05, 4.69) is 10.0 Å². The Morgan fingerprint density at radius 2 is 1.79 bits per heavy atom. The lowest BCUT2D eigenvalue weighted by Crippen LogP contribution is -2.41. The molecule has 0 radical (unpaired) electrons. The average molecular weight is 491 g/mol. The minimum Gasteiger partial charge on any atom is -0.324 e. The van der Waals surface area contributed by atoms with E-state index in [4.69, 9.17) is 11.6 Å². The maximum Gasteiger partial charge on any atom is 0.324 e. The standard InChI is InChI=1S/C23H27ClN4O4S/c1-15-5-6-18(24)14-20(15)25-22(29)16(2)26-33(31,32)19-7-8-21-17(13-19)9-12-28(21)23(30)27-10-3-4-11-27/h5-8,13-14,16,26H,3-4,9-12H2,1-2H3,(H,25,29). The fourth-order valence-electron chi connectivity index (χ4n) is 4.15. The number of hydrogen-bond acceptors (Lipinski definition) is 4. The molecule has 2 aliphatic heterocycles. The van der Waals surface area contributed by atoms with Crippen LogP contribution in [-0.2, 0) is 21.2 Å². The lowest BCUT2D eigenvalue weighted by atomic mass is 10.2. The van der Waals surface area contributed by atoms with Crippen LogP contribution in [0.2, 0.25) is 5.02 Å². The Morgan fingerprint density at radius 1 is 1.06 bits per heavy atom. The number of benzene rings is 2. The van der Waals surface area contributed by atoms with E-state index in [0.717, 1.165) is 42.7 Å². The second-order valence-electron chi connectivity index (χ2n) is 8.46. The topological polar surface area (TPSA) is 98.8 Å². The van der Waals surface area contributed by atoms with Gasteiger partial charge in [0, 0.05) is 36.0 Å². The van der Waals surface area contributed by atoms with Crippen LogP contribution in [-0.4, -0.2) is 50.9 Å². The molecule has 3 amide bonds. The molecule has 8 nitrogen and oxygen atoms in total. The predicted octanol–water partition coefficient (Wildman–Crippen LogP) is 3.53. The summed E-state index contributed by atoms with van der Waals surface area (Å²) in [4.78, 5) is 29.0. The van der Waals surface area contributed by atoms with E-state index in [1.807, 2.05) is 11.8 Å². The third-order valence-corrected chi connectivity index (χ3v) is 7.82. The monoisotopic (exact) mass is 490 g/mol. The van der Waals surface area contributed by atoms with Crippen molar-refractivity contribution in [1.29, 1.82) is 0 Å². The molecule has 0 saturated carbocycles. The minimum absolute atomic E-state index is 0.0263. The van der Waals surface area contributed by atoms with E-state index < -0.39 is 22.0 Å². The first-order valence-electron chi connectivity index (χ1n) is 10.9. The molecule has 0 bridgehead atoms. The van der Waals surface area contributed by atoms with E-state index in [9.17, 15) is 18.0 Å². The van der Waals surface area contributed by atoms with E-state index in [-0.39, 0.29) is 10.9 Å². The number of nitrogens with zero attached hydrogens (tertiary/aromatic N) is 2. The summed E-state index contributed by atoms with van der Waals surface area (Å²) in [7, 11) is -3.94. The summed E-state index contributed by atoms with van der Waals surface area (Å²) in [6, 6.07) is 8.80. The van der Waals surface area contributed by atoms with Gasteiger partial charge in [-0.2, -0.15) is 4.72 Å². The van der Waals surface area contributed by atoms with Crippen molar-refractivity contribution in [2.45, 2.75) is 44.0 Å². The minimum atomic E-state index is -3.94. The number of sulfonamides is 1. The van der Waals surface area contributed by atoms with Crippen molar-refractivity contribution < 1.29 is 18.0 Å². The quantitative estimate of drug-likeness (QED) is 0.669. The van der Waals surface area contributed by atoms with Gasteiger partial charge >= 0.3 is 6.03 Å². The molecule has 1 unspecified atom stereocenters. The van der Waals surface area contributed by atoms with Gasteiger partial charge in [0.1, 0.15) is 0 Å². The lowest BCUT2D eigenvalue weighted by molar-refractivity contribution is -0.117. The third kappa shape index (κ3) is 5.00.